The van der Waals surface area contributed by atoms with E-state index in [1.165, 1.54) is 4.90 Å². The Morgan fingerprint density at radius 1 is 1.32 bits per heavy atom. The van der Waals surface area contributed by atoms with Gasteiger partial charge < -0.3 is 20.5 Å². The molecule has 1 aliphatic rings. The lowest BCUT2D eigenvalue weighted by Crippen LogP contribution is -2.34. The maximum atomic E-state index is 11.8. The van der Waals surface area contributed by atoms with E-state index >= 15 is 0 Å². The molecule has 2 rings (SSSR count). The van der Waals surface area contributed by atoms with Gasteiger partial charge in [0.2, 0.25) is 0 Å². The van der Waals surface area contributed by atoms with E-state index in [4.69, 9.17) is 15.6 Å². The van der Waals surface area contributed by atoms with Gasteiger partial charge in [-0.1, -0.05) is 30.3 Å². The Morgan fingerprint density at radius 3 is 2.58 bits per heavy atom. The average Bonchev–Trinajstić information content (AvgIpc) is 2.79. The summed E-state index contributed by atoms with van der Waals surface area (Å²) >= 11 is 0. The van der Waals surface area contributed by atoms with Crippen molar-refractivity contribution in [3.05, 3.63) is 35.9 Å². The SMILES string of the molecule is N[C@H]1CN(C(=O)OCc2ccccc2)C[C@H]1C(=O)O. The predicted octanol–water partition coefficient (Wildman–Crippen LogP) is 0.667. The number of carboxylic acid groups (broad SMARTS) is 1. The first-order valence-corrected chi connectivity index (χ1v) is 6.02. The van der Waals surface area contributed by atoms with Crippen molar-refractivity contribution < 1.29 is 19.4 Å². The van der Waals surface area contributed by atoms with Crippen LogP contribution in [0.25, 0.3) is 0 Å². The van der Waals surface area contributed by atoms with E-state index in [2.05, 4.69) is 0 Å². The van der Waals surface area contributed by atoms with Crippen LogP contribution >= 0.6 is 0 Å². The smallest absolute Gasteiger partial charge is 0.410 e. The second-order valence-electron chi connectivity index (χ2n) is 4.55. The van der Waals surface area contributed by atoms with Gasteiger partial charge in [-0.2, -0.15) is 0 Å². The van der Waals surface area contributed by atoms with Crippen molar-refractivity contribution in [1.82, 2.24) is 4.90 Å². The summed E-state index contributed by atoms with van der Waals surface area (Å²) in [5, 5.41) is 8.93. The molecule has 0 saturated carbocycles. The summed E-state index contributed by atoms with van der Waals surface area (Å²) in [6, 6.07) is 8.75. The summed E-state index contributed by atoms with van der Waals surface area (Å²) in [6.07, 6.45) is -0.525. The Kier molecular flexibility index (Phi) is 4.01. The first-order valence-electron chi connectivity index (χ1n) is 6.02. The van der Waals surface area contributed by atoms with E-state index in [0.717, 1.165) is 5.56 Å². The van der Waals surface area contributed by atoms with Crippen molar-refractivity contribution in [2.45, 2.75) is 12.6 Å². The van der Waals surface area contributed by atoms with Crippen LogP contribution in [0.1, 0.15) is 5.56 Å². The van der Waals surface area contributed by atoms with Crippen molar-refractivity contribution in [2.24, 2.45) is 11.7 Å². The highest BCUT2D eigenvalue weighted by Crippen LogP contribution is 2.17. The zero-order valence-corrected chi connectivity index (χ0v) is 10.4. The normalized spacial score (nSPS) is 22.3. The first-order chi connectivity index (χ1) is 9.08. The summed E-state index contributed by atoms with van der Waals surface area (Å²) in [5.74, 6) is -1.70. The Hall–Kier alpha value is -2.08. The maximum Gasteiger partial charge on any atom is 0.410 e. The number of nitrogens with two attached hydrogens (primary N) is 1. The molecule has 6 nitrogen and oxygen atoms in total. The molecule has 1 fully saturated rings. The first kappa shape index (κ1) is 13.4. The Bertz CT molecular complexity index is 463. The highest BCUT2D eigenvalue weighted by Gasteiger charge is 2.38. The van der Waals surface area contributed by atoms with Crippen molar-refractivity contribution in [1.29, 1.82) is 0 Å². The molecule has 3 N–H and O–H groups in total. The van der Waals surface area contributed by atoms with Gasteiger partial charge in [-0.15, -0.1) is 0 Å². The van der Waals surface area contributed by atoms with Gasteiger partial charge in [0, 0.05) is 19.1 Å². The summed E-state index contributed by atoms with van der Waals surface area (Å²) < 4.78 is 5.13. The van der Waals surface area contributed by atoms with E-state index in [0.29, 0.717) is 0 Å². The van der Waals surface area contributed by atoms with Crippen molar-refractivity contribution in [3.8, 4) is 0 Å². The molecule has 1 aliphatic heterocycles. The summed E-state index contributed by atoms with van der Waals surface area (Å²) in [6.45, 7) is 0.484. The lowest BCUT2D eigenvalue weighted by Gasteiger charge is -2.15. The van der Waals surface area contributed by atoms with E-state index in [-0.39, 0.29) is 19.7 Å². The molecule has 1 saturated heterocycles. The van der Waals surface area contributed by atoms with Crippen molar-refractivity contribution in [3.63, 3.8) is 0 Å². The quantitative estimate of drug-likeness (QED) is 0.836. The summed E-state index contributed by atoms with van der Waals surface area (Å²) in [7, 11) is 0. The zero-order chi connectivity index (χ0) is 13.8. The molecule has 0 aliphatic carbocycles. The number of amides is 1. The number of aliphatic carboxylic acids is 1. The van der Waals surface area contributed by atoms with Crippen LogP contribution < -0.4 is 5.73 Å². The minimum atomic E-state index is -0.981. The van der Waals surface area contributed by atoms with Gasteiger partial charge >= 0.3 is 12.1 Å². The topological polar surface area (TPSA) is 92.9 Å². The van der Waals surface area contributed by atoms with Crippen LogP contribution in [0.5, 0.6) is 0 Å². The molecule has 19 heavy (non-hydrogen) atoms. The standard InChI is InChI=1S/C13H16N2O4/c14-11-7-15(6-10(11)12(16)17)13(18)19-8-9-4-2-1-3-5-9/h1-5,10-11H,6-8,14H2,(H,16,17)/t10-,11+/m1/s1. The number of hydrogen-bond donors (Lipinski definition) is 2. The molecule has 1 aromatic carbocycles. The molecular weight excluding hydrogens is 248 g/mol. The molecular formula is C13H16N2O4. The fourth-order valence-corrected chi connectivity index (χ4v) is 2.05. The molecule has 102 valence electrons. The number of likely N-dealkylation sites (tertiary alicyclic amines) is 1. The van der Waals surface area contributed by atoms with Gasteiger partial charge in [0.25, 0.3) is 0 Å². The van der Waals surface area contributed by atoms with Crippen LogP contribution in [0.3, 0.4) is 0 Å². The summed E-state index contributed by atoms with van der Waals surface area (Å²) in [5.41, 5.74) is 6.57. The molecule has 0 bridgehead atoms. The number of hydrogen-bond acceptors (Lipinski definition) is 4. The predicted molar refractivity (Wildman–Crippen MR) is 67.3 cm³/mol. The van der Waals surface area contributed by atoms with E-state index in [1.54, 1.807) is 0 Å². The van der Waals surface area contributed by atoms with Crippen LogP contribution in [0, 0.1) is 5.92 Å². The van der Waals surface area contributed by atoms with Crippen molar-refractivity contribution >= 4 is 12.1 Å². The minimum absolute atomic E-state index is 0.101. The maximum absolute atomic E-state index is 11.8. The fourth-order valence-electron chi connectivity index (χ4n) is 2.05. The second-order valence-corrected chi connectivity index (χ2v) is 4.55. The number of rotatable bonds is 3. The van der Waals surface area contributed by atoms with Crippen LogP contribution in [-0.2, 0) is 16.1 Å². The van der Waals surface area contributed by atoms with Crippen LogP contribution in [0.4, 0.5) is 4.79 Å². The number of nitrogens with zero attached hydrogens (tertiary/aromatic N) is 1. The Balaban J connectivity index is 1.86. The Morgan fingerprint density at radius 2 is 2.00 bits per heavy atom. The molecule has 0 radical (unpaired) electrons. The molecule has 0 aromatic heterocycles. The monoisotopic (exact) mass is 264 g/mol. The molecule has 6 heteroatoms. The van der Waals surface area contributed by atoms with Gasteiger partial charge in [0.1, 0.15) is 6.61 Å². The van der Waals surface area contributed by atoms with E-state index in [1.807, 2.05) is 30.3 Å². The van der Waals surface area contributed by atoms with Crippen LogP contribution in [-0.4, -0.2) is 41.2 Å². The number of ether oxygens (including phenoxy) is 1. The van der Waals surface area contributed by atoms with E-state index in [9.17, 15) is 9.59 Å². The lowest BCUT2D eigenvalue weighted by atomic mass is 10.1. The van der Waals surface area contributed by atoms with Gasteiger partial charge in [-0.05, 0) is 5.56 Å². The van der Waals surface area contributed by atoms with Gasteiger partial charge in [0.15, 0.2) is 0 Å². The molecule has 2 atom stereocenters. The van der Waals surface area contributed by atoms with Gasteiger partial charge in [-0.3, -0.25) is 4.79 Å². The molecule has 1 amide bonds. The number of benzene rings is 1. The number of carbonyl (C=O) groups is 2. The third-order valence-electron chi connectivity index (χ3n) is 3.15. The molecule has 0 spiro atoms. The zero-order valence-electron chi connectivity index (χ0n) is 10.4. The third-order valence-corrected chi connectivity index (χ3v) is 3.15. The van der Waals surface area contributed by atoms with Crippen molar-refractivity contribution in [2.75, 3.05) is 13.1 Å². The minimum Gasteiger partial charge on any atom is -0.481 e. The second kappa shape index (κ2) is 5.71. The van der Waals surface area contributed by atoms with E-state index < -0.39 is 24.0 Å². The molecule has 1 aromatic rings. The average molecular weight is 264 g/mol. The third kappa shape index (κ3) is 3.23. The lowest BCUT2D eigenvalue weighted by molar-refractivity contribution is -0.141. The fraction of sp³-hybridized carbons (Fsp3) is 0.385. The molecule has 1 heterocycles. The summed E-state index contributed by atoms with van der Waals surface area (Å²) in [4.78, 5) is 24.0. The highest BCUT2D eigenvalue weighted by molar-refractivity contribution is 5.75. The number of carbonyl (C=O) groups excluding carboxylic acids is 1. The van der Waals surface area contributed by atoms with Gasteiger partial charge in [0.05, 0.1) is 5.92 Å². The Labute approximate surface area is 110 Å². The van der Waals surface area contributed by atoms with Crippen LogP contribution in [0.15, 0.2) is 30.3 Å². The van der Waals surface area contributed by atoms with Crippen LogP contribution in [0.2, 0.25) is 0 Å². The largest absolute Gasteiger partial charge is 0.481 e. The number of carboxylic acids is 1. The highest BCUT2D eigenvalue weighted by atomic mass is 16.6. The molecule has 0 unspecified atom stereocenters. The van der Waals surface area contributed by atoms with Gasteiger partial charge in [-0.25, -0.2) is 4.79 Å².